The molecular formula is C16H24FN3O. The summed E-state index contributed by atoms with van der Waals surface area (Å²) in [6.45, 7) is 4.04. The number of aryl methyl sites for hydroxylation is 1. The lowest BCUT2D eigenvalue weighted by Crippen LogP contribution is -2.41. The Bertz CT molecular complexity index is 522. The minimum atomic E-state index is -0.454. The topological polar surface area (TPSA) is 49.6 Å². The normalized spacial score (nSPS) is 16.5. The fourth-order valence-electron chi connectivity index (χ4n) is 2.96. The molecule has 2 rings (SSSR count). The van der Waals surface area contributed by atoms with E-state index in [2.05, 4.69) is 19.0 Å². The average molecular weight is 293 g/mol. The fraction of sp³-hybridized carbons (Fsp3) is 0.562. The largest absolute Gasteiger partial charge is 0.399 e. The second-order valence-corrected chi connectivity index (χ2v) is 6.20. The van der Waals surface area contributed by atoms with Crippen LogP contribution in [0.25, 0.3) is 0 Å². The highest BCUT2D eigenvalue weighted by Gasteiger charge is 2.26. The highest BCUT2D eigenvalue weighted by Crippen LogP contribution is 2.23. The molecule has 116 valence electrons. The molecule has 0 aliphatic carbocycles. The molecule has 0 saturated carbocycles. The quantitative estimate of drug-likeness (QED) is 0.869. The van der Waals surface area contributed by atoms with Crippen molar-refractivity contribution in [3.8, 4) is 0 Å². The van der Waals surface area contributed by atoms with Crippen LogP contribution >= 0.6 is 0 Å². The number of carbonyl (C=O) groups is 1. The van der Waals surface area contributed by atoms with E-state index in [9.17, 15) is 9.18 Å². The molecule has 1 heterocycles. The van der Waals surface area contributed by atoms with E-state index >= 15 is 0 Å². The molecule has 0 atom stereocenters. The van der Waals surface area contributed by atoms with E-state index in [-0.39, 0.29) is 11.5 Å². The van der Waals surface area contributed by atoms with Crippen LogP contribution in [0.1, 0.15) is 28.8 Å². The van der Waals surface area contributed by atoms with Crippen LogP contribution in [0.15, 0.2) is 12.1 Å². The van der Waals surface area contributed by atoms with Crippen molar-refractivity contribution in [3.05, 3.63) is 29.1 Å². The van der Waals surface area contributed by atoms with Gasteiger partial charge < -0.3 is 15.5 Å². The molecule has 1 fully saturated rings. The first kappa shape index (κ1) is 15.8. The maximum absolute atomic E-state index is 14.1. The summed E-state index contributed by atoms with van der Waals surface area (Å²) in [5, 5.41) is 0. The summed E-state index contributed by atoms with van der Waals surface area (Å²) in [6, 6.07) is 2.99. The predicted molar refractivity (Wildman–Crippen MR) is 82.7 cm³/mol. The standard InChI is InChI=1S/C16H24FN3O/c1-11-8-13(18)9-14(15(11)17)16(21)20-6-4-12(5-7-20)10-19(2)3/h8-9,12H,4-7,10,18H2,1-3H3. The molecular weight excluding hydrogens is 269 g/mol. The Kier molecular flexibility index (Phi) is 4.83. The van der Waals surface area contributed by atoms with Gasteiger partial charge in [0.2, 0.25) is 0 Å². The number of nitrogens with zero attached hydrogens (tertiary/aromatic N) is 2. The van der Waals surface area contributed by atoms with E-state index in [0.29, 0.717) is 30.3 Å². The summed E-state index contributed by atoms with van der Waals surface area (Å²) in [4.78, 5) is 16.4. The Morgan fingerprint density at radius 3 is 2.57 bits per heavy atom. The SMILES string of the molecule is Cc1cc(N)cc(C(=O)N2CCC(CN(C)C)CC2)c1F. The molecule has 4 nitrogen and oxygen atoms in total. The lowest BCUT2D eigenvalue weighted by atomic mass is 9.95. The van der Waals surface area contributed by atoms with E-state index in [1.807, 2.05) is 0 Å². The molecule has 1 aromatic carbocycles. The van der Waals surface area contributed by atoms with Gasteiger partial charge in [0.05, 0.1) is 5.56 Å². The minimum Gasteiger partial charge on any atom is -0.399 e. The molecule has 1 amide bonds. The number of nitrogen functional groups attached to an aromatic ring is 1. The first-order valence-electron chi connectivity index (χ1n) is 7.38. The number of likely N-dealkylation sites (tertiary alicyclic amines) is 1. The molecule has 1 saturated heterocycles. The van der Waals surface area contributed by atoms with Crippen LogP contribution in [0.4, 0.5) is 10.1 Å². The van der Waals surface area contributed by atoms with E-state index < -0.39 is 5.82 Å². The van der Waals surface area contributed by atoms with Crippen molar-refractivity contribution in [2.75, 3.05) is 39.5 Å². The van der Waals surface area contributed by atoms with E-state index in [1.165, 1.54) is 6.07 Å². The predicted octanol–water partition coefficient (Wildman–Crippen LogP) is 2.13. The van der Waals surface area contributed by atoms with Gasteiger partial charge in [-0.1, -0.05) is 0 Å². The Hall–Kier alpha value is -1.62. The number of hydrogen-bond donors (Lipinski definition) is 1. The Labute approximate surface area is 125 Å². The van der Waals surface area contributed by atoms with Gasteiger partial charge in [-0.2, -0.15) is 0 Å². The zero-order chi connectivity index (χ0) is 15.6. The van der Waals surface area contributed by atoms with Crippen LogP contribution in [0, 0.1) is 18.7 Å². The number of nitrogens with two attached hydrogens (primary N) is 1. The third-order valence-corrected chi connectivity index (χ3v) is 4.03. The monoisotopic (exact) mass is 293 g/mol. The van der Waals surface area contributed by atoms with Crippen LogP contribution < -0.4 is 5.73 Å². The molecule has 0 radical (unpaired) electrons. The third-order valence-electron chi connectivity index (χ3n) is 4.03. The number of anilines is 1. The Balaban J connectivity index is 2.06. The third kappa shape index (κ3) is 3.73. The second kappa shape index (κ2) is 6.43. The summed E-state index contributed by atoms with van der Waals surface area (Å²) in [6.07, 6.45) is 1.93. The highest BCUT2D eigenvalue weighted by molar-refractivity contribution is 5.95. The average Bonchev–Trinajstić information content (AvgIpc) is 2.42. The van der Waals surface area contributed by atoms with Crippen LogP contribution in [0.2, 0.25) is 0 Å². The molecule has 2 N–H and O–H groups in total. The van der Waals surface area contributed by atoms with Gasteiger partial charge in [-0.25, -0.2) is 4.39 Å². The Morgan fingerprint density at radius 2 is 2.00 bits per heavy atom. The van der Waals surface area contributed by atoms with Crippen molar-refractivity contribution in [1.29, 1.82) is 0 Å². The molecule has 5 heteroatoms. The number of carbonyl (C=O) groups excluding carboxylic acids is 1. The van der Waals surface area contributed by atoms with Gasteiger partial charge in [-0.15, -0.1) is 0 Å². The lowest BCUT2D eigenvalue weighted by molar-refractivity contribution is 0.0673. The fourth-order valence-corrected chi connectivity index (χ4v) is 2.96. The van der Waals surface area contributed by atoms with Crippen LogP contribution in [-0.4, -0.2) is 49.4 Å². The first-order valence-corrected chi connectivity index (χ1v) is 7.38. The number of benzene rings is 1. The summed E-state index contributed by atoms with van der Waals surface area (Å²) >= 11 is 0. The number of amides is 1. The van der Waals surface area contributed by atoms with Crippen molar-refractivity contribution in [3.63, 3.8) is 0 Å². The zero-order valence-corrected chi connectivity index (χ0v) is 13.0. The molecule has 0 spiro atoms. The molecule has 1 aliphatic rings. The van der Waals surface area contributed by atoms with Gasteiger partial charge >= 0.3 is 0 Å². The van der Waals surface area contributed by atoms with Crippen molar-refractivity contribution >= 4 is 11.6 Å². The molecule has 1 aromatic rings. The van der Waals surface area contributed by atoms with Crippen molar-refractivity contribution in [1.82, 2.24) is 9.80 Å². The first-order chi connectivity index (χ1) is 9.88. The summed E-state index contributed by atoms with van der Waals surface area (Å²) < 4.78 is 14.1. The molecule has 0 bridgehead atoms. The molecule has 0 aromatic heterocycles. The number of halogens is 1. The van der Waals surface area contributed by atoms with Gasteiger partial charge in [-0.05, 0) is 57.5 Å². The number of piperidine rings is 1. The van der Waals surface area contributed by atoms with Gasteiger partial charge in [-0.3, -0.25) is 4.79 Å². The smallest absolute Gasteiger partial charge is 0.256 e. The Morgan fingerprint density at radius 1 is 1.38 bits per heavy atom. The highest BCUT2D eigenvalue weighted by atomic mass is 19.1. The molecule has 1 aliphatic heterocycles. The minimum absolute atomic E-state index is 0.0959. The van der Waals surface area contributed by atoms with Gasteiger partial charge in [0, 0.05) is 25.3 Å². The molecule has 0 unspecified atom stereocenters. The zero-order valence-electron chi connectivity index (χ0n) is 13.0. The van der Waals surface area contributed by atoms with Crippen molar-refractivity contribution in [2.45, 2.75) is 19.8 Å². The van der Waals surface area contributed by atoms with Crippen LogP contribution in [0.3, 0.4) is 0 Å². The number of hydrogen-bond acceptors (Lipinski definition) is 3. The van der Waals surface area contributed by atoms with Crippen LogP contribution in [0.5, 0.6) is 0 Å². The summed E-state index contributed by atoms with van der Waals surface area (Å²) in [5.41, 5.74) is 6.67. The number of rotatable bonds is 3. The lowest BCUT2D eigenvalue weighted by Gasteiger charge is -2.33. The van der Waals surface area contributed by atoms with Gasteiger partial charge in [0.15, 0.2) is 0 Å². The van der Waals surface area contributed by atoms with E-state index in [0.717, 1.165) is 19.4 Å². The van der Waals surface area contributed by atoms with E-state index in [4.69, 9.17) is 5.73 Å². The van der Waals surface area contributed by atoms with Crippen molar-refractivity contribution < 1.29 is 9.18 Å². The van der Waals surface area contributed by atoms with Gasteiger partial charge in [0.25, 0.3) is 5.91 Å². The van der Waals surface area contributed by atoms with Crippen LogP contribution in [-0.2, 0) is 0 Å². The van der Waals surface area contributed by atoms with Crippen molar-refractivity contribution in [2.24, 2.45) is 5.92 Å². The second-order valence-electron chi connectivity index (χ2n) is 6.20. The van der Waals surface area contributed by atoms with E-state index in [1.54, 1.807) is 17.9 Å². The van der Waals surface area contributed by atoms with Gasteiger partial charge in [0.1, 0.15) is 5.82 Å². The summed E-state index contributed by atoms with van der Waals surface area (Å²) in [5.74, 6) is -0.0905. The molecule has 21 heavy (non-hydrogen) atoms. The maximum Gasteiger partial charge on any atom is 0.256 e. The summed E-state index contributed by atoms with van der Waals surface area (Å²) in [7, 11) is 4.12. The maximum atomic E-state index is 14.1.